The highest BCUT2D eigenvalue weighted by atomic mass is 19.1. The average molecular weight is 1250 g/mol. The molecule has 0 saturated carbocycles. The van der Waals surface area contributed by atoms with E-state index in [9.17, 15) is 0 Å². The van der Waals surface area contributed by atoms with Gasteiger partial charge in [-0.15, -0.1) is 0 Å². The van der Waals surface area contributed by atoms with Crippen molar-refractivity contribution >= 4 is 0 Å². The summed E-state index contributed by atoms with van der Waals surface area (Å²) in [6, 6.07) is 0. The van der Waals surface area contributed by atoms with Gasteiger partial charge in [0.2, 0.25) is 0 Å². The molecule has 0 nitrogen and oxygen atoms in total. The van der Waals surface area contributed by atoms with Crippen LogP contribution in [0, 0.1) is 16.2 Å². The van der Waals surface area contributed by atoms with Crippen LogP contribution in [0.25, 0.3) is 0 Å². The van der Waals surface area contributed by atoms with Crippen LogP contribution in [0.3, 0.4) is 0 Å². The summed E-state index contributed by atoms with van der Waals surface area (Å²) in [4.78, 5) is 0. The molecule has 0 saturated heterocycles. The van der Waals surface area contributed by atoms with E-state index < -0.39 is 5.67 Å². The maximum Gasteiger partial charge on any atom is 0.117 e. The second-order valence-corrected chi connectivity index (χ2v) is 31.3. The Hall–Kier alpha value is -0.0700. The monoisotopic (exact) mass is 1250 g/mol. The van der Waals surface area contributed by atoms with Crippen molar-refractivity contribution in [3.05, 3.63) is 0 Å². The molecule has 536 valence electrons. The van der Waals surface area contributed by atoms with Gasteiger partial charge in [-0.3, -0.25) is 0 Å². The molecule has 0 radical (unpaired) electrons. The Morgan fingerprint density at radius 2 is 0.270 bits per heavy atom. The van der Waals surface area contributed by atoms with Crippen LogP contribution in [0.2, 0.25) is 0 Å². The summed E-state index contributed by atoms with van der Waals surface area (Å²) in [5.74, 6) is 0. The Kier molecular flexibility index (Phi) is 67.8. The molecule has 0 rings (SSSR count). The highest BCUT2D eigenvalue weighted by Crippen LogP contribution is 2.72. The molecule has 0 fully saturated rings. The van der Waals surface area contributed by atoms with Gasteiger partial charge >= 0.3 is 0 Å². The molecule has 0 aromatic rings. The first-order valence-electron chi connectivity index (χ1n) is 43.5. The number of hydrogen-bond donors (Lipinski definition) is 0. The second kappa shape index (κ2) is 67.9. The molecule has 0 heterocycles. The van der Waals surface area contributed by atoms with E-state index in [4.69, 9.17) is 0 Å². The zero-order valence-electron chi connectivity index (χ0n) is 64.4. The topological polar surface area (TPSA) is 0 Å². The van der Waals surface area contributed by atoms with Crippen molar-refractivity contribution in [3.63, 3.8) is 0 Å². The Bertz CT molecular complexity index is 1220. The minimum absolute atomic E-state index is 0.0265. The first kappa shape index (κ1) is 88.9. The van der Waals surface area contributed by atoms with E-state index in [0.29, 0.717) is 0 Å². The van der Waals surface area contributed by atoms with E-state index in [0.717, 1.165) is 32.1 Å². The van der Waals surface area contributed by atoms with Gasteiger partial charge in [-0.25, -0.2) is 4.39 Å². The minimum Gasteiger partial charge on any atom is -0.243 e. The van der Waals surface area contributed by atoms with Crippen molar-refractivity contribution in [3.8, 4) is 0 Å². The second-order valence-electron chi connectivity index (χ2n) is 31.3. The Morgan fingerprint density at radius 1 is 0.135 bits per heavy atom. The van der Waals surface area contributed by atoms with Crippen LogP contribution in [0.1, 0.15) is 544 Å². The highest BCUT2D eigenvalue weighted by molar-refractivity contribution is 5.16. The summed E-state index contributed by atoms with van der Waals surface area (Å²) in [6.07, 6.45) is 101. The lowest BCUT2D eigenvalue weighted by molar-refractivity contribution is -0.208. The third-order valence-corrected chi connectivity index (χ3v) is 23.5. The predicted octanol–water partition coefficient (Wildman–Crippen LogP) is 34.1. The van der Waals surface area contributed by atoms with Crippen molar-refractivity contribution in [2.75, 3.05) is 0 Å². The fourth-order valence-corrected chi connectivity index (χ4v) is 17.8. The van der Waals surface area contributed by atoms with Gasteiger partial charge in [-0.05, 0) is 68.6 Å². The molecule has 0 aromatic heterocycles. The summed E-state index contributed by atoms with van der Waals surface area (Å²) in [7, 11) is 0. The van der Waals surface area contributed by atoms with Gasteiger partial charge in [0.15, 0.2) is 0 Å². The molecule has 0 aliphatic rings. The van der Waals surface area contributed by atoms with E-state index in [-0.39, 0.29) is 16.2 Å². The lowest BCUT2D eigenvalue weighted by Crippen LogP contribution is -2.63. The molecule has 0 aliphatic carbocycles. The van der Waals surface area contributed by atoms with Crippen molar-refractivity contribution in [2.24, 2.45) is 16.2 Å². The van der Waals surface area contributed by atoms with Gasteiger partial charge in [0.1, 0.15) is 5.67 Å². The number of rotatable bonds is 78. The Morgan fingerprint density at radius 3 is 0.461 bits per heavy atom. The van der Waals surface area contributed by atoms with Gasteiger partial charge in [0, 0.05) is 5.41 Å². The lowest BCUT2D eigenvalue weighted by Gasteiger charge is -2.67. The van der Waals surface area contributed by atoms with Crippen LogP contribution < -0.4 is 0 Å². The third-order valence-electron chi connectivity index (χ3n) is 23.5. The fourth-order valence-electron chi connectivity index (χ4n) is 17.8. The Balaban J connectivity index is 9.12. The smallest absolute Gasteiger partial charge is 0.117 e. The van der Waals surface area contributed by atoms with Gasteiger partial charge in [0.25, 0.3) is 0 Å². The molecule has 1 unspecified atom stereocenters. The minimum atomic E-state index is -1.11. The van der Waals surface area contributed by atoms with Crippen molar-refractivity contribution in [2.45, 2.75) is 550 Å². The summed E-state index contributed by atoms with van der Waals surface area (Å²) in [5.41, 5.74) is -1.16. The zero-order valence-corrected chi connectivity index (χ0v) is 64.4. The van der Waals surface area contributed by atoms with E-state index in [1.807, 2.05) is 0 Å². The van der Waals surface area contributed by atoms with Gasteiger partial charge in [-0.1, -0.05) is 486 Å². The third kappa shape index (κ3) is 45.1. The maximum absolute atomic E-state index is 21.7. The molecule has 0 aromatic carbocycles. The molecule has 0 N–H and O–H groups in total. The van der Waals surface area contributed by atoms with Crippen LogP contribution >= 0.6 is 0 Å². The summed E-state index contributed by atoms with van der Waals surface area (Å²) in [5, 5.41) is 0. The standard InChI is InChI=1S/C88H177F/c1-10-19-28-36-44-52-60-68-76-85(77-69-61-53-45-37-29-20-11-2,78-70-62-54-46-38-30-21-12-3)86(79-71-63-55-47-39-31-22-13-4,80-72-64-56-48-40-32-23-14-5)87(81-73-65-57-49-41-33-24-15-6,82-74-66-58-50-42-34-25-16-7)88(89,83-27-18-9)84-75-67-59-51-43-35-26-17-8/h10-84H2,1-9H3. The zero-order chi connectivity index (χ0) is 65.0. The molecule has 0 amide bonds. The first-order valence-corrected chi connectivity index (χ1v) is 43.5. The van der Waals surface area contributed by atoms with Crippen LogP contribution in [0.15, 0.2) is 0 Å². The van der Waals surface area contributed by atoms with Gasteiger partial charge in [0.05, 0.1) is 0 Å². The van der Waals surface area contributed by atoms with E-state index in [1.165, 1.54) is 449 Å². The lowest BCUT2D eigenvalue weighted by atomic mass is 9.38. The van der Waals surface area contributed by atoms with Crippen LogP contribution in [-0.4, -0.2) is 5.67 Å². The first-order chi connectivity index (χ1) is 43.8. The normalized spacial score (nSPS) is 13.1. The van der Waals surface area contributed by atoms with E-state index >= 15 is 4.39 Å². The predicted molar refractivity (Wildman–Crippen MR) is 408 cm³/mol. The number of alkyl halides is 1. The summed E-state index contributed by atoms with van der Waals surface area (Å²) >= 11 is 0. The molecule has 1 heteroatoms. The van der Waals surface area contributed by atoms with Crippen molar-refractivity contribution < 1.29 is 4.39 Å². The summed E-state index contributed by atoms with van der Waals surface area (Å²) < 4.78 is 21.7. The number of unbranched alkanes of at least 4 members (excludes halogenated alkanes) is 57. The molecule has 0 aliphatic heterocycles. The molecular formula is C88H177F. The quantitative estimate of drug-likeness (QED) is 0.0533. The van der Waals surface area contributed by atoms with Crippen molar-refractivity contribution in [1.82, 2.24) is 0 Å². The van der Waals surface area contributed by atoms with Crippen LogP contribution in [-0.2, 0) is 0 Å². The maximum atomic E-state index is 21.7. The summed E-state index contributed by atoms with van der Waals surface area (Å²) in [6.45, 7) is 21.5. The molecule has 89 heavy (non-hydrogen) atoms. The molecule has 1 atom stereocenters. The van der Waals surface area contributed by atoms with Crippen LogP contribution in [0.5, 0.6) is 0 Å². The molecule has 0 spiro atoms. The SMILES string of the molecule is CCCCCCCCCCC(F)(CCCC)C(CCCCCCCCCC)(CCCCCCCCCC)C(CCCCCCCCCC)(CCCCCCCCCC)C(CCCCCCCCCC)(CCCCCCCCCC)CCCCCCCCCC. The molecule has 0 bridgehead atoms. The van der Waals surface area contributed by atoms with Crippen LogP contribution in [0.4, 0.5) is 4.39 Å². The number of halogens is 1. The van der Waals surface area contributed by atoms with Gasteiger partial charge in [-0.2, -0.15) is 0 Å². The number of hydrogen-bond acceptors (Lipinski definition) is 0. The fraction of sp³-hybridized carbons (Fsp3) is 1.00. The Labute approximate surface area is 567 Å². The van der Waals surface area contributed by atoms with Crippen molar-refractivity contribution in [1.29, 1.82) is 0 Å². The average Bonchev–Trinajstić information content (AvgIpc) is 0.742. The highest BCUT2D eigenvalue weighted by Gasteiger charge is 2.67. The molecular weight excluding hydrogens is 1080 g/mol. The van der Waals surface area contributed by atoms with E-state index in [1.54, 1.807) is 0 Å². The van der Waals surface area contributed by atoms with E-state index in [2.05, 4.69) is 62.3 Å². The largest absolute Gasteiger partial charge is 0.243 e. The van der Waals surface area contributed by atoms with Gasteiger partial charge < -0.3 is 0 Å².